The molecule has 3 heterocycles. The molecule has 2 atom stereocenters. The lowest BCUT2D eigenvalue weighted by Crippen LogP contribution is -2.30. The summed E-state index contributed by atoms with van der Waals surface area (Å²) in [5, 5.41) is 14.5. The van der Waals surface area contributed by atoms with Gasteiger partial charge in [-0.1, -0.05) is 17.7 Å². The first-order chi connectivity index (χ1) is 15.1. The van der Waals surface area contributed by atoms with Crippen LogP contribution < -0.4 is 10.2 Å². The minimum absolute atomic E-state index is 0.143. The van der Waals surface area contributed by atoms with Gasteiger partial charge in [0.2, 0.25) is 0 Å². The molecule has 1 aliphatic rings. The predicted molar refractivity (Wildman–Crippen MR) is 127 cm³/mol. The van der Waals surface area contributed by atoms with Crippen LogP contribution in [0.2, 0.25) is 5.02 Å². The van der Waals surface area contributed by atoms with Gasteiger partial charge < -0.3 is 19.9 Å². The van der Waals surface area contributed by atoms with Crippen molar-refractivity contribution in [2.24, 2.45) is 0 Å². The van der Waals surface area contributed by atoms with E-state index in [0.717, 1.165) is 22.8 Å². The number of aromatic nitrogens is 2. The second-order valence-electron chi connectivity index (χ2n) is 7.29. The molecule has 0 saturated carbocycles. The van der Waals surface area contributed by atoms with E-state index >= 15 is 0 Å². The number of benzene rings is 2. The monoisotopic (exact) mass is 446 g/mol. The molecule has 7 heteroatoms. The molecule has 154 valence electrons. The Labute approximate surface area is 190 Å². The Bertz CT molecular complexity index is 1210. The van der Waals surface area contributed by atoms with E-state index in [1.54, 1.807) is 18.3 Å². The molecule has 0 spiro atoms. The van der Waals surface area contributed by atoms with Crippen LogP contribution in [0.5, 0.6) is 5.75 Å². The maximum Gasteiger partial charge on any atom is 0.174 e. The number of pyridine rings is 1. The predicted octanol–water partition coefficient (Wildman–Crippen LogP) is 5.41. The normalized spacial score (nSPS) is 18.2. The SMILES string of the molecule is Oc1ccc(-n2cccc2[C@@H]2[C@@H](c3ccccn3)NC(=S)N2c2ccc(Cl)cc2)cc1. The Balaban J connectivity index is 1.66. The number of aromatic hydroxyl groups is 1. The molecule has 5 rings (SSSR count). The molecule has 0 unspecified atom stereocenters. The molecule has 5 nitrogen and oxygen atoms in total. The Kier molecular flexibility index (Phi) is 5.10. The number of nitrogens with one attached hydrogen (secondary N) is 1. The van der Waals surface area contributed by atoms with E-state index in [2.05, 4.69) is 25.8 Å². The van der Waals surface area contributed by atoms with Crippen LogP contribution in [-0.4, -0.2) is 19.8 Å². The van der Waals surface area contributed by atoms with E-state index in [-0.39, 0.29) is 17.8 Å². The highest BCUT2D eigenvalue weighted by atomic mass is 35.5. The lowest BCUT2D eigenvalue weighted by molar-refractivity contribution is 0.475. The highest BCUT2D eigenvalue weighted by molar-refractivity contribution is 7.80. The summed E-state index contributed by atoms with van der Waals surface area (Å²) in [7, 11) is 0. The topological polar surface area (TPSA) is 53.3 Å². The lowest BCUT2D eigenvalue weighted by atomic mass is 10.0. The first-order valence-corrected chi connectivity index (χ1v) is 10.6. The summed E-state index contributed by atoms with van der Waals surface area (Å²) < 4.78 is 2.11. The summed E-state index contributed by atoms with van der Waals surface area (Å²) in [5.41, 5.74) is 3.85. The van der Waals surface area contributed by atoms with Crippen LogP contribution in [0.1, 0.15) is 23.5 Å². The number of rotatable bonds is 4. The second kappa shape index (κ2) is 8.06. The van der Waals surface area contributed by atoms with E-state index in [0.29, 0.717) is 10.1 Å². The first kappa shape index (κ1) is 19.6. The molecule has 0 aliphatic carbocycles. The zero-order valence-corrected chi connectivity index (χ0v) is 18.0. The maximum atomic E-state index is 9.71. The van der Waals surface area contributed by atoms with Gasteiger partial charge in [0.1, 0.15) is 11.8 Å². The van der Waals surface area contributed by atoms with Crippen molar-refractivity contribution >= 4 is 34.6 Å². The minimum atomic E-state index is -0.146. The summed E-state index contributed by atoms with van der Waals surface area (Å²) in [4.78, 5) is 6.71. The molecule has 2 aromatic carbocycles. The maximum absolute atomic E-state index is 9.71. The number of hydrogen-bond donors (Lipinski definition) is 2. The zero-order chi connectivity index (χ0) is 21.4. The van der Waals surface area contributed by atoms with Crippen LogP contribution in [-0.2, 0) is 0 Å². The van der Waals surface area contributed by atoms with Crippen LogP contribution in [0.15, 0.2) is 91.3 Å². The summed E-state index contributed by atoms with van der Waals surface area (Å²) in [6, 6.07) is 24.5. The fourth-order valence-electron chi connectivity index (χ4n) is 4.02. The summed E-state index contributed by atoms with van der Waals surface area (Å²) >= 11 is 11.9. The lowest BCUT2D eigenvalue weighted by Gasteiger charge is -2.29. The second-order valence-corrected chi connectivity index (χ2v) is 8.12. The number of anilines is 1. The van der Waals surface area contributed by atoms with Crippen molar-refractivity contribution in [1.29, 1.82) is 0 Å². The van der Waals surface area contributed by atoms with Gasteiger partial charge in [0.05, 0.1) is 11.7 Å². The van der Waals surface area contributed by atoms with E-state index in [9.17, 15) is 5.11 Å². The Hall–Kier alpha value is -3.35. The molecule has 1 fully saturated rings. The van der Waals surface area contributed by atoms with Gasteiger partial charge in [-0.3, -0.25) is 4.98 Å². The van der Waals surface area contributed by atoms with Gasteiger partial charge in [-0.2, -0.15) is 0 Å². The molecule has 0 radical (unpaired) electrons. The Morgan fingerprint density at radius 3 is 2.35 bits per heavy atom. The molecule has 0 bridgehead atoms. The third kappa shape index (κ3) is 3.65. The summed E-state index contributed by atoms with van der Waals surface area (Å²) in [6.07, 6.45) is 3.81. The average Bonchev–Trinajstić information content (AvgIpc) is 3.40. The zero-order valence-electron chi connectivity index (χ0n) is 16.4. The molecule has 4 aromatic rings. The van der Waals surface area contributed by atoms with Gasteiger partial charge in [-0.25, -0.2) is 0 Å². The van der Waals surface area contributed by atoms with Crippen LogP contribution in [0.3, 0.4) is 0 Å². The standard InChI is InChI=1S/C24H19ClN4OS/c25-16-6-8-18(9-7-16)29-23(22(27-24(29)31)20-4-1-2-14-26-20)21-5-3-15-28(21)17-10-12-19(30)13-11-17/h1-15,22-23,30H,(H,27,31)/t22-,23-/m1/s1. The minimum Gasteiger partial charge on any atom is -0.508 e. The van der Waals surface area contributed by atoms with Crippen molar-refractivity contribution in [2.75, 3.05) is 4.90 Å². The fourth-order valence-corrected chi connectivity index (χ4v) is 4.49. The van der Waals surface area contributed by atoms with E-state index in [1.807, 2.05) is 66.9 Å². The highest BCUT2D eigenvalue weighted by Gasteiger charge is 2.42. The van der Waals surface area contributed by atoms with Gasteiger partial charge >= 0.3 is 0 Å². The summed E-state index contributed by atoms with van der Waals surface area (Å²) in [6.45, 7) is 0. The third-order valence-electron chi connectivity index (χ3n) is 5.41. The fraction of sp³-hybridized carbons (Fsp3) is 0.0833. The van der Waals surface area contributed by atoms with Crippen molar-refractivity contribution in [2.45, 2.75) is 12.1 Å². The van der Waals surface area contributed by atoms with Crippen molar-refractivity contribution in [3.8, 4) is 11.4 Å². The molecular formula is C24H19ClN4OS. The van der Waals surface area contributed by atoms with Crippen LogP contribution in [0.4, 0.5) is 5.69 Å². The number of thiocarbonyl (C=S) groups is 1. The van der Waals surface area contributed by atoms with Gasteiger partial charge in [0.25, 0.3) is 0 Å². The largest absolute Gasteiger partial charge is 0.508 e. The van der Waals surface area contributed by atoms with Crippen molar-refractivity contribution in [1.82, 2.24) is 14.9 Å². The Morgan fingerprint density at radius 1 is 0.903 bits per heavy atom. The van der Waals surface area contributed by atoms with E-state index in [4.69, 9.17) is 23.8 Å². The Morgan fingerprint density at radius 2 is 1.65 bits per heavy atom. The molecular weight excluding hydrogens is 428 g/mol. The number of hydrogen-bond acceptors (Lipinski definition) is 3. The summed E-state index contributed by atoms with van der Waals surface area (Å²) in [5.74, 6) is 0.232. The molecule has 1 saturated heterocycles. The average molecular weight is 447 g/mol. The van der Waals surface area contributed by atoms with Gasteiger partial charge in [-0.05, 0) is 85.0 Å². The molecule has 31 heavy (non-hydrogen) atoms. The number of nitrogens with zero attached hydrogens (tertiary/aromatic N) is 3. The number of halogens is 1. The van der Waals surface area contributed by atoms with Gasteiger partial charge in [-0.15, -0.1) is 0 Å². The van der Waals surface area contributed by atoms with Gasteiger partial charge in [0, 0.05) is 34.5 Å². The molecule has 2 aromatic heterocycles. The quantitative estimate of drug-likeness (QED) is 0.410. The van der Waals surface area contributed by atoms with Crippen LogP contribution in [0, 0.1) is 0 Å². The third-order valence-corrected chi connectivity index (χ3v) is 5.98. The first-order valence-electron chi connectivity index (χ1n) is 9.85. The van der Waals surface area contributed by atoms with E-state index < -0.39 is 0 Å². The number of phenolic OH excluding ortho intramolecular Hbond substituents is 1. The van der Waals surface area contributed by atoms with Crippen LogP contribution in [0.25, 0.3) is 5.69 Å². The van der Waals surface area contributed by atoms with E-state index in [1.165, 1.54) is 0 Å². The van der Waals surface area contributed by atoms with Crippen molar-refractivity contribution in [3.05, 3.63) is 108 Å². The molecule has 2 N–H and O–H groups in total. The van der Waals surface area contributed by atoms with Crippen molar-refractivity contribution < 1.29 is 5.11 Å². The smallest absolute Gasteiger partial charge is 0.174 e. The van der Waals surface area contributed by atoms with Crippen LogP contribution >= 0.6 is 23.8 Å². The molecule has 0 amide bonds. The number of phenols is 1. The molecule has 1 aliphatic heterocycles. The highest BCUT2D eigenvalue weighted by Crippen LogP contribution is 2.42. The van der Waals surface area contributed by atoms with Crippen molar-refractivity contribution in [3.63, 3.8) is 0 Å². The van der Waals surface area contributed by atoms with Gasteiger partial charge in [0.15, 0.2) is 5.11 Å².